The van der Waals surface area contributed by atoms with Crippen molar-refractivity contribution in [1.82, 2.24) is 4.98 Å². The van der Waals surface area contributed by atoms with Crippen LogP contribution in [0.5, 0.6) is 0 Å². The highest BCUT2D eigenvalue weighted by Gasteiger charge is 2.18. The van der Waals surface area contributed by atoms with Crippen LogP contribution >= 0.6 is 34.8 Å². The largest absolute Gasteiger partial charge is 0.464 e. The number of hydrogen-bond donors (Lipinski definition) is 1. The summed E-state index contributed by atoms with van der Waals surface area (Å²) in [7, 11) is 1.23. The Morgan fingerprint density at radius 1 is 1.25 bits per heavy atom. The summed E-state index contributed by atoms with van der Waals surface area (Å²) in [4.78, 5) is 15.8. The summed E-state index contributed by atoms with van der Waals surface area (Å²) in [5.41, 5.74) is 6.93. The predicted molar refractivity (Wildman–Crippen MR) is 80.5 cm³/mol. The molecule has 0 atom stereocenters. The van der Waals surface area contributed by atoms with Crippen LogP contribution in [0.25, 0.3) is 11.3 Å². The molecule has 1 heterocycles. The Kier molecular flexibility index (Phi) is 4.38. The van der Waals surface area contributed by atoms with E-state index < -0.39 is 5.97 Å². The van der Waals surface area contributed by atoms with Gasteiger partial charge in [-0.05, 0) is 24.3 Å². The lowest BCUT2D eigenvalue weighted by Crippen LogP contribution is -2.08. The van der Waals surface area contributed by atoms with Crippen molar-refractivity contribution in [3.8, 4) is 11.3 Å². The molecule has 1 aromatic carbocycles. The van der Waals surface area contributed by atoms with Crippen LogP contribution in [0.15, 0.2) is 24.3 Å². The van der Waals surface area contributed by atoms with Crippen molar-refractivity contribution in [2.24, 2.45) is 0 Å². The van der Waals surface area contributed by atoms with Gasteiger partial charge in [-0.2, -0.15) is 0 Å². The lowest BCUT2D eigenvalue weighted by molar-refractivity contribution is 0.0594. The maximum Gasteiger partial charge on any atom is 0.358 e. The number of nitrogens with two attached hydrogens (primary N) is 1. The standard InChI is InChI=1S/C13H9Cl3N2O2/c1-20-13(19)12-11(16)9(17)5-10(18-12)7-3-2-6(14)4-8(7)15/h2-5H,1H3,(H2,17,18). The van der Waals surface area contributed by atoms with E-state index in [1.807, 2.05) is 0 Å². The van der Waals surface area contributed by atoms with E-state index in [4.69, 9.17) is 40.5 Å². The van der Waals surface area contributed by atoms with Crippen LogP contribution in [-0.2, 0) is 4.74 Å². The van der Waals surface area contributed by atoms with Gasteiger partial charge >= 0.3 is 5.97 Å². The molecule has 0 aliphatic rings. The molecule has 0 aliphatic carbocycles. The average molecular weight is 332 g/mol. The van der Waals surface area contributed by atoms with Crippen LogP contribution in [0.1, 0.15) is 10.5 Å². The van der Waals surface area contributed by atoms with E-state index in [-0.39, 0.29) is 16.4 Å². The third-order valence-electron chi connectivity index (χ3n) is 2.57. The summed E-state index contributed by atoms with van der Waals surface area (Å²) in [6, 6.07) is 6.45. The number of hydrogen-bond acceptors (Lipinski definition) is 4. The SMILES string of the molecule is COC(=O)c1nc(-c2ccc(Cl)cc2Cl)cc(N)c1Cl. The van der Waals surface area contributed by atoms with Gasteiger partial charge in [0, 0.05) is 10.6 Å². The molecule has 20 heavy (non-hydrogen) atoms. The molecule has 0 radical (unpaired) electrons. The number of anilines is 1. The molecule has 0 spiro atoms. The monoisotopic (exact) mass is 330 g/mol. The fraction of sp³-hybridized carbons (Fsp3) is 0.0769. The normalized spacial score (nSPS) is 10.4. The second-order valence-corrected chi connectivity index (χ2v) is 5.10. The summed E-state index contributed by atoms with van der Waals surface area (Å²) < 4.78 is 4.62. The number of nitrogens with zero attached hydrogens (tertiary/aromatic N) is 1. The molecule has 1 aromatic heterocycles. The molecule has 104 valence electrons. The zero-order chi connectivity index (χ0) is 14.9. The second kappa shape index (κ2) is 5.87. The van der Waals surface area contributed by atoms with Crippen molar-refractivity contribution >= 4 is 46.5 Å². The van der Waals surface area contributed by atoms with E-state index in [0.29, 0.717) is 21.3 Å². The van der Waals surface area contributed by atoms with Crippen LogP contribution in [-0.4, -0.2) is 18.1 Å². The zero-order valence-electron chi connectivity index (χ0n) is 10.3. The highest BCUT2D eigenvalue weighted by molar-refractivity contribution is 6.37. The van der Waals surface area contributed by atoms with Crippen molar-refractivity contribution in [2.45, 2.75) is 0 Å². The summed E-state index contributed by atoms with van der Waals surface area (Å²) in [6.07, 6.45) is 0. The molecule has 0 saturated heterocycles. The first kappa shape index (κ1) is 14.9. The Labute approximate surface area is 130 Å². The van der Waals surface area contributed by atoms with Gasteiger partial charge in [-0.3, -0.25) is 0 Å². The predicted octanol–water partition coefficient (Wildman–Crippen LogP) is 4.08. The summed E-state index contributed by atoms with van der Waals surface area (Å²) in [5, 5.41) is 0.933. The highest BCUT2D eigenvalue weighted by atomic mass is 35.5. The molecule has 0 bridgehead atoms. The third-order valence-corrected chi connectivity index (χ3v) is 3.52. The van der Waals surface area contributed by atoms with E-state index in [1.165, 1.54) is 13.2 Å². The van der Waals surface area contributed by atoms with Crippen LogP contribution in [0.3, 0.4) is 0 Å². The Hall–Kier alpha value is -1.49. The van der Waals surface area contributed by atoms with E-state index in [9.17, 15) is 4.79 Å². The molecule has 0 aliphatic heterocycles. The smallest absolute Gasteiger partial charge is 0.358 e. The highest BCUT2D eigenvalue weighted by Crippen LogP contribution is 2.33. The topological polar surface area (TPSA) is 65.2 Å². The molecule has 2 N–H and O–H groups in total. The molecule has 0 fully saturated rings. The molecular formula is C13H9Cl3N2O2. The number of halogens is 3. The van der Waals surface area contributed by atoms with Crippen LogP contribution < -0.4 is 5.73 Å². The molecular weight excluding hydrogens is 323 g/mol. The minimum atomic E-state index is -0.673. The maximum atomic E-state index is 11.6. The average Bonchev–Trinajstić information content (AvgIpc) is 2.41. The summed E-state index contributed by atoms with van der Waals surface area (Å²) in [5.74, 6) is -0.673. The number of aromatic nitrogens is 1. The van der Waals surface area contributed by atoms with Gasteiger partial charge in [-0.1, -0.05) is 34.8 Å². The van der Waals surface area contributed by atoms with Gasteiger partial charge in [-0.25, -0.2) is 9.78 Å². The zero-order valence-corrected chi connectivity index (χ0v) is 12.6. The molecule has 4 nitrogen and oxygen atoms in total. The number of benzene rings is 1. The quantitative estimate of drug-likeness (QED) is 0.842. The van der Waals surface area contributed by atoms with Gasteiger partial charge in [-0.15, -0.1) is 0 Å². The number of pyridine rings is 1. The van der Waals surface area contributed by atoms with Crippen molar-refractivity contribution in [2.75, 3.05) is 12.8 Å². The van der Waals surface area contributed by atoms with Gasteiger partial charge in [0.25, 0.3) is 0 Å². The molecule has 2 rings (SSSR count). The van der Waals surface area contributed by atoms with Crippen LogP contribution in [0.4, 0.5) is 5.69 Å². The first-order valence-corrected chi connectivity index (χ1v) is 6.57. The summed E-state index contributed by atoms with van der Waals surface area (Å²) >= 11 is 17.9. The lowest BCUT2D eigenvalue weighted by Gasteiger charge is -2.09. The van der Waals surface area contributed by atoms with Gasteiger partial charge in [0.05, 0.1) is 28.5 Å². The van der Waals surface area contributed by atoms with Crippen molar-refractivity contribution in [3.63, 3.8) is 0 Å². The van der Waals surface area contributed by atoms with Crippen LogP contribution in [0, 0.1) is 0 Å². The van der Waals surface area contributed by atoms with E-state index >= 15 is 0 Å². The third kappa shape index (κ3) is 2.82. The first-order chi connectivity index (χ1) is 9.43. The van der Waals surface area contributed by atoms with Crippen molar-refractivity contribution in [1.29, 1.82) is 0 Å². The number of carbonyl (C=O) groups is 1. The van der Waals surface area contributed by atoms with Crippen molar-refractivity contribution < 1.29 is 9.53 Å². The molecule has 0 amide bonds. The maximum absolute atomic E-state index is 11.6. The van der Waals surface area contributed by atoms with Gasteiger partial charge in [0.2, 0.25) is 0 Å². The Balaban J connectivity index is 2.63. The number of ether oxygens (including phenoxy) is 1. The Bertz CT molecular complexity index is 690. The van der Waals surface area contributed by atoms with Gasteiger partial charge in [0.1, 0.15) is 0 Å². The Morgan fingerprint density at radius 3 is 2.55 bits per heavy atom. The van der Waals surface area contributed by atoms with Gasteiger partial charge < -0.3 is 10.5 Å². The van der Waals surface area contributed by atoms with Gasteiger partial charge in [0.15, 0.2) is 5.69 Å². The minimum Gasteiger partial charge on any atom is -0.464 e. The second-order valence-electron chi connectivity index (χ2n) is 3.88. The van der Waals surface area contributed by atoms with E-state index in [0.717, 1.165) is 0 Å². The number of nitrogen functional groups attached to an aromatic ring is 1. The number of carbonyl (C=O) groups excluding carboxylic acids is 1. The molecule has 7 heteroatoms. The van der Waals surface area contributed by atoms with E-state index in [1.54, 1.807) is 18.2 Å². The van der Waals surface area contributed by atoms with Crippen LogP contribution in [0.2, 0.25) is 15.1 Å². The van der Waals surface area contributed by atoms with Crippen molar-refractivity contribution in [3.05, 3.63) is 45.0 Å². The molecule has 2 aromatic rings. The number of rotatable bonds is 2. The van der Waals surface area contributed by atoms with E-state index in [2.05, 4.69) is 9.72 Å². The lowest BCUT2D eigenvalue weighted by atomic mass is 10.1. The molecule has 0 saturated carbocycles. The Morgan fingerprint density at radius 2 is 1.95 bits per heavy atom. The molecule has 0 unspecified atom stereocenters. The number of esters is 1. The fourth-order valence-electron chi connectivity index (χ4n) is 1.62. The summed E-state index contributed by atoms with van der Waals surface area (Å²) in [6.45, 7) is 0. The fourth-order valence-corrected chi connectivity index (χ4v) is 2.30. The minimum absolute atomic E-state index is 0.0469. The number of methoxy groups -OCH3 is 1. The first-order valence-electron chi connectivity index (χ1n) is 5.43.